The Morgan fingerprint density at radius 3 is 2.76 bits per heavy atom. The molecular formula is C14H15FN5O+. The smallest absolute Gasteiger partial charge is 0.337 e. The van der Waals surface area contributed by atoms with Crippen molar-refractivity contribution in [2.24, 2.45) is 10.7 Å². The Bertz CT molecular complexity index is 721. The Hall–Kier alpha value is -2.54. The van der Waals surface area contributed by atoms with Crippen LogP contribution in [0.25, 0.3) is 0 Å². The largest absolute Gasteiger partial charge is 0.373 e. The first kappa shape index (κ1) is 13.4. The van der Waals surface area contributed by atoms with Gasteiger partial charge < -0.3 is 10.7 Å². The number of aromatic nitrogens is 2. The van der Waals surface area contributed by atoms with Gasteiger partial charge in [-0.25, -0.2) is 14.2 Å². The zero-order valence-corrected chi connectivity index (χ0v) is 11.5. The summed E-state index contributed by atoms with van der Waals surface area (Å²) in [6, 6.07) is 6.20. The van der Waals surface area contributed by atoms with Crippen molar-refractivity contribution in [1.82, 2.24) is 9.97 Å². The van der Waals surface area contributed by atoms with E-state index in [0.717, 1.165) is 5.56 Å². The van der Waals surface area contributed by atoms with Gasteiger partial charge in [0.05, 0.1) is 19.9 Å². The van der Waals surface area contributed by atoms with Gasteiger partial charge in [0.2, 0.25) is 0 Å². The number of halogens is 1. The van der Waals surface area contributed by atoms with E-state index in [1.165, 1.54) is 18.5 Å². The van der Waals surface area contributed by atoms with Gasteiger partial charge in [0, 0.05) is 6.42 Å². The van der Waals surface area contributed by atoms with Crippen LogP contribution in [0.5, 0.6) is 0 Å². The average Bonchev–Trinajstić information content (AvgIpc) is 2.93. The highest BCUT2D eigenvalue weighted by atomic mass is 19.1. The molecule has 2 aromatic rings. The molecule has 21 heavy (non-hydrogen) atoms. The van der Waals surface area contributed by atoms with Crippen LogP contribution < -0.4 is 5.73 Å². The summed E-state index contributed by atoms with van der Waals surface area (Å²) in [4.78, 5) is 23.5. The Labute approximate surface area is 120 Å². The highest BCUT2D eigenvalue weighted by Gasteiger charge is 2.43. The highest BCUT2D eigenvalue weighted by Crippen LogP contribution is 2.25. The van der Waals surface area contributed by atoms with Crippen LogP contribution in [0.4, 0.5) is 10.2 Å². The van der Waals surface area contributed by atoms with Crippen LogP contribution in [-0.2, 0) is 6.42 Å². The maximum atomic E-state index is 12.9. The molecule has 1 aliphatic heterocycles. The molecule has 1 amide bonds. The molecule has 0 radical (unpaired) electrons. The van der Waals surface area contributed by atoms with E-state index in [1.807, 2.05) is 0 Å². The van der Waals surface area contributed by atoms with E-state index in [4.69, 9.17) is 5.73 Å². The van der Waals surface area contributed by atoms with Crippen molar-refractivity contribution in [3.05, 3.63) is 47.7 Å². The summed E-state index contributed by atoms with van der Waals surface area (Å²) in [5.41, 5.74) is 7.26. The van der Waals surface area contributed by atoms with E-state index >= 15 is 0 Å². The Balaban J connectivity index is 1.84. The minimum Gasteiger partial charge on any atom is -0.337 e. The van der Waals surface area contributed by atoms with Gasteiger partial charge in [-0.3, -0.25) is 0 Å². The van der Waals surface area contributed by atoms with Gasteiger partial charge in [-0.05, 0) is 17.7 Å². The number of carbonyl (C=O) groups is 1. The average molecular weight is 288 g/mol. The van der Waals surface area contributed by atoms with E-state index in [2.05, 4.69) is 15.0 Å². The van der Waals surface area contributed by atoms with Crippen molar-refractivity contribution in [3.8, 4) is 0 Å². The molecule has 0 aliphatic carbocycles. The number of benzene rings is 1. The number of amides is 1. The third-order valence-electron chi connectivity index (χ3n) is 3.77. The Morgan fingerprint density at radius 1 is 1.33 bits per heavy atom. The van der Waals surface area contributed by atoms with Crippen LogP contribution in [0.15, 0.2) is 35.6 Å². The quantitative estimate of drug-likeness (QED) is 0.836. The lowest BCUT2D eigenvalue weighted by molar-refractivity contribution is -0.736. The number of nitrogens with one attached hydrogen (secondary N) is 1. The molecule has 0 saturated carbocycles. The van der Waals surface area contributed by atoms with Gasteiger partial charge in [-0.15, -0.1) is 0 Å². The van der Waals surface area contributed by atoms with Crippen molar-refractivity contribution in [2.75, 3.05) is 13.6 Å². The zero-order chi connectivity index (χ0) is 15.0. The minimum absolute atomic E-state index is 0.118. The topological polar surface area (TPSA) is 84.1 Å². The maximum Gasteiger partial charge on any atom is 0.373 e. The van der Waals surface area contributed by atoms with Crippen LogP contribution in [0.2, 0.25) is 0 Å². The summed E-state index contributed by atoms with van der Waals surface area (Å²) in [6.07, 6.45) is 2.01. The molecular weight excluding hydrogens is 273 g/mol. The lowest BCUT2D eigenvalue weighted by Gasteiger charge is -2.31. The van der Waals surface area contributed by atoms with Gasteiger partial charge in [-0.2, -0.15) is 9.48 Å². The molecule has 1 aromatic heterocycles. The van der Waals surface area contributed by atoms with Crippen molar-refractivity contribution >= 4 is 17.7 Å². The standard InChI is InChI=1S/C14H14FN5O/c1-20(7-6-9-2-4-10(15)5-3-9)13(21)11-12(18-8-17-11)19-14(20)16/h2-5,8H,6-7H2,1H3,(H2-,16,17,18,19,21)/p+1. The second-order valence-corrected chi connectivity index (χ2v) is 5.17. The third-order valence-corrected chi connectivity index (χ3v) is 3.77. The van der Waals surface area contributed by atoms with E-state index in [-0.39, 0.29) is 22.2 Å². The number of aliphatic imine (C=N–C) groups is 1. The molecule has 1 atom stereocenters. The number of likely N-dealkylation sites (N-methyl/N-ethyl adjacent to an activating group) is 1. The van der Waals surface area contributed by atoms with Crippen LogP contribution in [0, 0.1) is 5.82 Å². The number of imidazole rings is 1. The SMILES string of the molecule is C[N+]1(CCc2ccc(F)cc2)C(=O)c2[nH]cnc2N=C1N. The summed E-state index contributed by atoms with van der Waals surface area (Å²) in [5, 5.41) is 0. The molecule has 2 heterocycles. The van der Waals surface area contributed by atoms with Crippen LogP contribution in [0.1, 0.15) is 16.1 Å². The second kappa shape index (κ2) is 4.78. The number of fused-ring (bicyclic) bond motifs is 1. The molecule has 7 heteroatoms. The second-order valence-electron chi connectivity index (χ2n) is 5.17. The fourth-order valence-electron chi connectivity index (χ4n) is 2.32. The number of hydrogen-bond donors (Lipinski definition) is 2. The normalized spacial score (nSPS) is 21.0. The summed E-state index contributed by atoms with van der Waals surface area (Å²) in [5.74, 6) is 0.0880. The number of rotatable bonds is 3. The molecule has 1 aliphatic rings. The zero-order valence-electron chi connectivity index (χ0n) is 11.5. The molecule has 0 fully saturated rings. The molecule has 3 rings (SSSR count). The number of aromatic amines is 1. The van der Waals surface area contributed by atoms with E-state index in [0.29, 0.717) is 24.5 Å². The summed E-state index contributed by atoms with van der Waals surface area (Å²) >= 11 is 0. The molecule has 108 valence electrons. The highest BCUT2D eigenvalue weighted by molar-refractivity contribution is 6.01. The van der Waals surface area contributed by atoms with Crippen molar-refractivity contribution in [2.45, 2.75) is 6.42 Å². The molecule has 0 saturated heterocycles. The summed E-state index contributed by atoms with van der Waals surface area (Å²) < 4.78 is 12.8. The van der Waals surface area contributed by atoms with Gasteiger partial charge in [0.1, 0.15) is 5.82 Å². The molecule has 0 bridgehead atoms. The number of carbonyl (C=O) groups excluding carboxylic acids is 1. The number of nitrogens with two attached hydrogens (primary N) is 1. The first-order chi connectivity index (χ1) is 10.0. The van der Waals surface area contributed by atoms with Gasteiger partial charge in [0.25, 0.3) is 0 Å². The van der Waals surface area contributed by atoms with Crippen LogP contribution in [0.3, 0.4) is 0 Å². The van der Waals surface area contributed by atoms with Crippen LogP contribution in [-0.4, -0.2) is 39.9 Å². The third kappa shape index (κ3) is 2.21. The monoisotopic (exact) mass is 288 g/mol. The number of guanidine groups is 1. The lowest BCUT2D eigenvalue weighted by atomic mass is 10.1. The predicted octanol–water partition coefficient (Wildman–Crippen LogP) is 1.34. The van der Waals surface area contributed by atoms with Crippen molar-refractivity contribution < 1.29 is 13.7 Å². The number of quaternary nitrogens is 1. The fraction of sp³-hybridized carbons (Fsp3) is 0.214. The first-order valence-corrected chi connectivity index (χ1v) is 6.54. The lowest BCUT2D eigenvalue weighted by Crippen LogP contribution is -2.59. The van der Waals surface area contributed by atoms with Gasteiger partial charge in [-0.1, -0.05) is 12.1 Å². The maximum absolute atomic E-state index is 12.9. The van der Waals surface area contributed by atoms with Crippen LogP contribution >= 0.6 is 0 Å². The van der Waals surface area contributed by atoms with Crippen molar-refractivity contribution in [3.63, 3.8) is 0 Å². The van der Waals surface area contributed by atoms with E-state index in [9.17, 15) is 9.18 Å². The Morgan fingerprint density at radius 2 is 2.05 bits per heavy atom. The number of nitrogens with zero attached hydrogens (tertiary/aromatic N) is 3. The van der Waals surface area contributed by atoms with E-state index in [1.54, 1.807) is 19.2 Å². The first-order valence-electron chi connectivity index (χ1n) is 6.54. The van der Waals surface area contributed by atoms with Gasteiger partial charge in [0.15, 0.2) is 11.5 Å². The van der Waals surface area contributed by atoms with Gasteiger partial charge >= 0.3 is 11.9 Å². The molecule has 1 aromatic carbocycles. The molecule has 6 nitrogen and oxygen atoms in total. The molecule has 1 unspecified atom stereocenters. The number of hydrogen-bond acceptors (Lipinski definition) is 4. The molecule has 0 spiro atoms. The summed E-state index contributed by atoms with van der Waals surface area (Å²) in [7, 11) is 1.72. The minimum atomic E-state index is -0.281. The summed E-state index contributed by atoms with van der Waals surface area (Å²) in [6.45, 7) is 0.443. The van der Waals surface area contributed by atoms with E-state index < -0.39 is 0 Å². The Kier molecular flexibility index (Phi) is 3.06. The van der Waals surface area contributed by atoms with Crippen molar-refractivity contribution in [1.29, 1.82) is 0 Å². The number of H-pyrrole nitrogens is 1. The molecule has 3 N–H and O–H groups in total. The predicted molar refractivity (Wildman–Crippen MR) is 75.4 cm³/mol. The fourth-order valence-corrected chi connectivity index (χ4v) is 2.32.